The van der Waals surface area contributed by atoms with Gasteiger partial charge < -0.3 is 9.47 Å². The number of fused-ring (bicyclic) bond motifs is 1. The summed E-state index contributed by atoms with van der Waals surface area (Å²) in [5.41, 5.74) is 0.406. The zero-order valence-electron chi connectivity index (χ0n) is 11.3. The highest BCUT2D eigenvalue weighted by molar-refractivity contribution is 5.76. The van der Waals surface area contributed by atoms with Crippen LogP contribution in [-0.4, -0.2) is 28.5 Å². The van der Waals surface area contributed by atoms with Crippen LogP contribution in [0.4, 0.5) is 0 Å². The number of pyridine rings is 1. The maximum atomic E-state index is 12.2. The summed E-state index contributed by atoms with van der Waals surface area (Å²) >= 11 is 0. The van der Waals surface area contributed by atoms with Gasteiger partial charge in [-0.1, -0.05) is 13.0 Å². The molecule has 2 aliphatic rings. The lowest BCUT2D eigenvalue weighted by Crippen LogP contribution is -2.33. The van der Waals surface area contributed by atoms with Gasteiger partial charge >= 0.3 is 0 Å². The van der Waals surface area contributed by atoms with Crippen LogP contribution in [-0.2, 0) is 11.3 Å². The second-order valence-electron chi connectivity index (χ2n) is 5.87. The third-order valence-corrected chi connectivity index (χ3v) is 4.83. The van der Waals surface area contributed by atoms with Crippen LogP contribution in [0, 0.1) is 11.3 Å². The Morgan fingerprint density at radius 1 is 1.47 bits per heavy atom. The molecule has 19 heavy (non-hydrogen) atoms. The molecule has 0 radical (unpaired) electrons. The normalized spacial score (nSPS) is 28.3. The summed E-state index contributed by atoms with van der Waals surface area (Å²) in [5.74, 6) is 0.927. The van der Waals surface area contributed by atoms with Gasteiger partial charge in [0.15, 0.2) is 0 Å². The molecule has 3 rings (SSSR count). The number of aryl methyl sites for hydroxylation is 1. The lowest BCUT2D eigenvalue weighted by atomic mass is 10.0. The number of carbonyl (C=O) groups excluding carboxylic acids is 1. The number of nitrogens with zero attached hydrogens (tertiary/aromatic N) is 2. The number of hydrogen-bond donors (Lipinski definition) is 0. The summed E-state index contributed by atoms with van der Waals surface area (Å²) < 4.78 is 1.60. The van der Waals surface area contributed by atoms with Crippen molar-refractivity contribution in [1.82, 2.24) is 9.47 Å². The van der Waals surface area contributed by atoms with E-state index in [0.717, 1.165) is 19.0 Å². The standard InChI is InChI=1S/C15H20N2O2/c1-2-15-9-12(15)10-17(11-15)14(19)6-8-16-7-4-3-5-13(16)18/h3-5,7,12H,2,6,8-11H2,1H3. The zero-order chi connectivity index (χ0) is 13.5. The largest absolute Gasteiger partial charge is 0.342 e. The highest BCUT2D eigenvalue weighted by Crippen LogP contribution is 2.59. The first-order valence-corrected chi connectivity index (χ1v) is 7.08. The average molecular weight is 260 g/mol. The molecule has 0 aromatic carbocycles. The number of aromatic nitrogens is 1. The second kappa shape index (κ2) is 4.51. The van der Waals surface area contributed by atoms with E-state index in [2.05, 4.69) is 6.92 Å². The fourth-order valence-electron chi connectivity index (χ4n) is 3.35. The number of amides is 1. The van der Waals surface area contributed by atoms with Crippen molar-refractivity contribution < 1.29 is 4.79 Å². The Bertz CT molecular complexity index is 547. The first-order valence-electron chi connectivity index (χ1n) is 7.08. The van der Waals surface area contributed by atoms with Crippen molar-refractivity contribution in [2.45, 2.75) is 32.7 Å². The first kappa shape index (κ1) is 12.5. The van der Waals surface area contributed by atoms with Crippen molar-refractivity contribution in [3.05, 3.63) is 34.7 Å². The molecule has 2 fully saturated rings. The van der Waals surface area contributed by atoms with E-state index in [-0.39, 0.29) is 11.5 Å². The van der Waals surface area contributed by atoms with Crippen LogP contribution in [0.15, 0.2) is 29.2 Å². The van der Waals surface area contributed by atoms with Crippen molar-refractivity contribution in [3.8, 4) is 0 Å². The average Bonchev–Trinajstić information content (AvgIpc) is 2.99. The van der Waals surface area contributed by atoms with Gasteiger partial charge in [-0.3, -0.25) is 9.59 Å². The second-order valence-corrected chi connectivity index (χ2v) is 5.87. The van der Waals surface area contributed by atoms with Gasteiger partial charge in [0, 0.05) is 38.3 Å². The van der Waals surface area contributed by atoms with Gasteiger partial charge in [0.1, 0.15) is 0 Å². The highest BCUT2D eigenvalue weighted by atomic mass is 16.2. The Morgan fingerprint density at radius 2 is 2.32 bits per heavy atom. The molecule has 2 heterocycles. The fourth-order valence-corrected chi connectivity index (χ4v) is 3.35. The molecule has 0 spiro atoms. The van der Waals surface area contributed by atoms with E-state index < -0.39 is 0 Å². The fraction of sp³-hybridized carbons (Fsp3) is 0.600. The van der Waals surface area contributed by atoms with Crippen LogP contribution >= 0.6 is 0 Å². The number of hydrogen-bond acceptors (Lipinski definition) is 2. The quantitative estimate of drug-likeness (QED) is 0.823. The molecule has 2 atom stereocenters. The summed E-state index contributed by atoms with van der Waals surface area (Å²) in [6.07, 6.45) is 4.64. The Balaban J connectivity index is 1.56. The predicted octanol–water partition coefficient (Wildman–Crippen LogP) is 1.50. The summed E-state index contributed by atoms with van der Waals surface area (Å²) in [4.78, 5) is 25.7. The van der Waals surface area contributed by atoms with Gasteiger partial charge in [0.05, 0.1) is 0 Å². The third kappa shape index (κ3) is 2.20. The van der Waals surface area contributed by atoms with E-state index in [1.165, 1.54) is 18.9 Å². The molecule has 1 saturated heterocycles. The van der Waals surface area contributed by atoms with Gasteiger partial charge in [0.2, 0.25) is 5.91 Å². The number of piperidine rings is 1. The number of likely N-dealkylation sites (tertiary alicyclic amines) is 1. The molecule has 1 aliphatic heterocycles. The van der Waals surface area contributed by atoms with E-state index in [0.29, 0.717) is 18.4 Å². The van der Waals surface area contributed by atoms with E-state index in [1.54, 1.807) is 16.8 Å². The molecule has 0 bridgehead atoms. The van der Waals surface area contributed by atoms with E-state index in [1.807, 2.05) is 11.0 Å². The molecule has 1 aromatic rings. The van der Waals surface area contributed by atoms with E-state index in [9.17, 15) is 9.59 Å². The zero-order valence-corrected chi connectivity index (χ0v) is 11.3. The van der Waals surface area contributed by atoms with Gasteiger partial charge in [-0.2, -0.15) is 0 Å². The molecule has 4 nitrogen and oxygen atoms in total. The molecule has 4 heteroatoms. The van der Waals surface area contributed by atoms with Gasteiger partial charge in [0.25, 0.3) is 5.56 Å². The molecule has 1 amide bonds. The van der Waals surface area contributed by atoms with E-state index >= 15 is 0 Å². The van der Waals surface area contributed by atoms with Crippen molar-refractivity contribution in [3.63, 3.8) is 0 Å². The van der Waals surface area contributed by atoms with Crippen LogP contribution < -0.4 is 5.56 Å². The molecular formula is C15H20N2O2. The Kier molecular flexibility index (Phi) is 2.96. The summed E-state index contributed by atoms with van der Waals surface area (Å²) in [6, 6.07) is 5.07. The van der Waals surface area contributed by atoms with Crippen molar-refractivity contribution in [2.24, 2.45) is 11.3 Å². The summed E-state index contributed by atoms with van der Waals surface area (Å²) in [7, 11) is 0. The first-order chi connectivity index (χ1) is 9.14. The Morgan fingerprint density at radius 3 is 3.00 bits per heavy atom. The predicted molar refractivity (Wildman–Crippen MR) is 72.7 cm³/mol. The lowest BCUT2D eigenvalue weighted by Gasteiger charge is -2.20. The smallest absolute Gasteiger partial charge is 0.250 e. The van der Waals surface area contributed by atoms with Crippen LogP contribution in [0.2, 0.25) is 0 Å². The Hall–Kier alpha value is -1.58. The van der Waals surface area contributed by atoms with Crippen LogP contribution in [0.3, 0.4) is 0 Å². The van der Waals surface area contributed by atoms with Crippen LogP contribution in [0.5, 0.6) is 0 Å². The van der Waals surface area contributed by atoms with Crippen molar-refractivity contribution >= 4 is 5.91 Å². The minimum absolute atomic E-state index is 0.0374. The molecule has 1 aromatic heterocycles. The molecule has 1 saturated carbocycles. The maximum absolute atomic E-state index is 12.2. The minimum Gasteiger partial charge on any atom is -0.342 e. The molecule has 102 valence electrons. The molecule has 2 unspecified atom stereocenters. The SMILES string of the molecule is CCC12CC1CN(C(=O)CCn1ccccc1=O)C2. The van der Waals surface area contributed by atoms with E-state index in [4.69, 9.17) is 0 Å². The summed E-state index contributed by atoms with van der Waals surface area (Å²) in [6.45, 7) is 4.56. The van der Waals surface area contributed by atoms with Crippen LogP contribution in [0.1, 0.15) is 26.2 Å². The minimum atomic E-state index is -0.0374. The molecule has 1 aliphatic carbocycles. The number of carbonyl (C=O) groups is 1. The monoisotopic (exact) mass is 260 g/mol. The molecule has 0 N–H and O–H groups in total. The maximum Gasteiger partial charge on any atom is 0.250 e. The van der Waals surface area contributed by atoms with Gasteiger partial charge in [-0.25, -0.2) is 0 Å². The van der Waals surface area contributed by atoms with Crippen molar-refractivity contribution in [2.75, 3.05) is 13.1 Å². The van der Waals surface area contributed by atoms with Crippen molar-refractivity contribution in [1.29, 1.82) is 0 Å². The highest BCUT2D eigenvalue weighted by Gasteiger charge is 2.59. The van der Waals surface area contributed by atoms with Gasteiger partial charge in [-0.15, -0.1) is 0 Å². The Labute approximate surface area is 113 Å². The number of rotatable bonds is 4. The van der Waals surface area contributed by atoms with Gasteiger partial charge in [-0.05, 0) is 30.2 Å². The topological polar surface area (TPSA) is 42.3 Å². The summed E-state index contributed by atoms with van der Waals surface area (Å²) in [5, 5.41) is 0. The third-order valence-electron chi connectivity index (χ3n) is 4.83. The lowest BCUT2D eigenvalue weighted by molar-refractivity contribution is -0.131. The van der Waals surface area contributed by atoms with Crippen LogP contribution in [0.25, 0.3) is 0 Å². The molecular weight excluding hydrogens is 240 g/mol.